The Labute approximate surface area is 192 Å². The fourth-order valence-corrected chi connectivity index (χ4v) is 4.23. The number of esters is 1. The summed E-state index contributed by atoms with van der Waals surface area (Å²) in [7, 11) is -3.68. The third kappa shape index (κ3) is 8.20. The maximum absolute atomic E-state index is 12.6. The van der Waals surface area contributed by atoms with E-state index >= 15 is 0 Å². The van der Waals surface area contributed by atoms with Gasteiger partial charge in [0.05, 0.1) is 4.90 Å². The van der Waals surface area contributed by atoms with Crippen molar-refractivity contribution in [3.05, 3.63) is 54.6 Å². The summed E-state index contributed by atoms with van der Waals surface area (Å²) in [5, 5.41) is 4.81. The Morgan fingerprint density at radius 1 is 0.909 bits per heavy atom. The van der Waals surface area contributed by atoms with Crippen LogP contribution in [0.2, 0.25) is 0 Å². The molecule has 0 radical (unpaired) electrons. The van der Waals surface area contributed by atoms with Crippen LogP contribution in [-0.2, 0) is 29.1 Å². The number of hydrogen-bond acceptors (Lipinski definition) is 7. The highest BCUT2D eigenvalue weighted by Gasteiger charge is 2.22. The lowest BCUT2D eigenvalue weighted by Crippen LogP contribution is -2.35. The van der Waals surface area contributed by atoms with Crippen molar-refractivity contribution in [3.8, 4) is 5.75 Å². The van der Waals surface area contributed by atoms with Gasteiger partial charge in [0.1, 0.15) is 12.3 Å². The van der Waals surface area contributed by atoms with Gasteiger partial charge in [-0.15, -0.1) is 0 Å². The summed E-state index contributed by atoms with van der Waals surface area (Å²) in [6, 6.07) is 14.5. The van der Waals surface area contributed by atoms with Crippen LogP contribution < -0.4 is 15.4 Å². The lowest BCUT2D eigenvalue weighted by Gasteiger charge is -2.18. The highest BCUT2D eigenvalue weighted by Crippen LogP contribution is 2.19. The van der Waals surface area contributed by atoms with E-state index in [1.807, 2.05) is 6.07 Å². The van der Waals surface area contributed by atoms with Gasteiger partial charge in [-0.3, -0.25) is 14.4 Å². The molecule has 0 aliphatic heterocycles. The molecule has 0 fully saturated rings. The second-order valence-electron chi connectivity index (χ2n) is 6.70. The predicted molar refractivity (Wildman–Crippen MR) is 121 cm³/mol. The third-order valence-corrected chi connectivity index (χ3v) is 6.41. The minimum atomic E-state index is -3.68. The summed E-state index contributed by atoms with van der Waals surface area (Å²) in [5.41, 5.74) is 0.246. The number of sulfonamides is 1. The first kappa shape index (κ1) is 25.8. The van der Waals surface area contributed by atoms with E-state index in [0.717, 1.165) is 0 Å². The maximum atomic E-state index is 12.6. The Kier molecular flexibility index (Phi) is 9.83. The van der Waals surface area contributed by atoms with Crippen molar-refractivity contribution in [3.63, 3.8) is 0 Å². The van der Waals surface area contributed by atoms with Crippen molar-refractivity contribution in [2.45, 2.75) is 18.7 Å². The van der Waals surface area contributed by atoms with E-state index in [1.54, 1.807) is 38.1 Å². The number of rotatable bonds is 12. The molecule has 0 aliphatic rings. The normalized spacial score (nSPS) is 11.0. The van der Waals surface area contributed by atoms with E-state index in [9.17, 15) is 22.8 Å². The lowest BCUT2D eigenvalue weighted by molar-refractivity contribution is -0.147. The zero-order valence-corrected chi connectivity index (χ0v) is 19.3. The average molecular weight is 478 g/mol. The molecule has 11 heteroatoms. The van der Waals surface area contributed by atoms with Crippen LogP contribution in [0.5, 0.6) is 5.75 Å². The molecule has 0 aromatic heterocycles. The van der Waals surface area contributed by atoms with Crippen molar-refractivity contribution in [1.82, 2.24) is 9.62 Å². The highest BCUT2D eigenvalue weighted by molar-refractivity contribution is 7.89. The van der Waals surface area contributed by atoms with Gasteiger partial charge in [0, 0.05) is 18.8 Å². The minimum absolute atomic E-state index is 0.0430. The molecule has 2 aromatic rings. The SMILES string of the molecule is CCN(CC)S(=O)(=O)c1cccc(NC(=O)COC(=O)CNC(=O)COc2ccccc2)c1. The Hall–Kier alpha value is -3.44. The Balaban J connectivity index is 1.77. The molecule has 0 spiro atoms. The summed E-state index contributed by atoms with van der Waals surface area (Å²) in [5.74, 6) is -1.47. The first-order valence-corrected chi connectivity index (χ1v) is 11.7. The smallest absolute Gasteiger partial charge is 0.325 e. The van der Waals surface area contributed by atoms with Gasteiger partial charge in [-0.2, -0.15) is 4.31 Å². The summed E-state index contributed by atoms with van der Waals surface area (Å²) < 4.78 is 36.6. The third-order valence-electron chi connectivity index (χ3n) is 4.37. The number of benzene rings is 2. The van der Waals surface area contributed by atoms with Crippen LogP contribution in [0, 0.1) is 0 Å². The molecule has 0 aliphatic carbocycles. The molecule has 0 atom stereocenters. The molecule has 0 heterocycles. The monoisotopic (exact) mass is 477 g/mol. The van der Waals surface area contributed by atoms with Crippen LogP contribution in [0.4, 0.5) is 5.69 Å². The van der Waals surface area contributed by atoms with Gasteiger partial charge in [-0.25, -0.2) is 8.42 Å². The number of nitrogens with zero attached hydrogens (tertiary/aromatic N) is 1. The number of hydrogen-bond donors (Lipinski definition) is 2. The van der Waals surface area contributed by atoms with Gasteiger partial charge in [0.15, 0.2) is 13.2 Å². The van der Waals surface area contributed by atoms with Crippen LogP contribution in [0.15, 0.2) is 59.5 Å². The molecule has 33 heavy (non-hydrogen) atoms. The van der Waals surface area contributed by atoms with Crippen LogP contribution in [0.1, 0.15) is 13.8 Å². The summed E-state index contributed by atoms with van der Waals surface area (Å²) in [6.07, 6.45) is 0. The van der Waals surface area contributed by atoms with Gasteiger partial charge in [-0.1, -0.05) is 38.1 Å². The van der Waals surface area contributed by atoms with E-state index in [-0.39, 0.29) is 17.2 Å². The van der Waals surface area contributed by atoms with Crippen LogP contribution in [0.3, 0.4) is 0 Å². The van der Waals surface area contributed by atoms with E-state index in [1.165, 1.54) is 28.6 Å². The van der Waals surface area contributed by atoms with Crippen molar-refractivity contribution < 1.29 is 32.3 Å². The molecular formula is C22H27N3O7S. The van der Waals surface area contributed by atoms with Gasteiger partial charge >= 0.3 is 5.97 Å². The van der Waals surface area contributed by atoms with Crippen molar-refractivity contribution >= 4 is 33.5 Å². The zero-order chi connectivity index (χ0) is 24.3. The lowest BCUT2D eigenvalue weighted by atomic mass is 10.3. The molecule has 2 amide bonds. The Morgan fingerprint density at radius 3 is 2.27 bits per heavy atom. The molecule has 10 nitrogen and oxygen atoms in total. The van der Waals surface area contributed by atoms with Crippen LogP contribution >= 0.6 is 0 Å². The second-order valence-corrected chi connectivity index (χ2v) is 8.64. The average Bonchev–Trinajstić information content (AvgIpc) is 2.81. The maximum Gasteiger partial charge on any atom is 0.325 e. The molecule has 2 N–H and O–H groups in total. The summed E-state index contributed by atoms with van der Waals surface area (Å²) >= 11 is 0. The van der Waals surface area contributed by atoms with Gasteiger partial charge in [-0.05, 0) is 30.3 Å². The van der Waals surface area contributed by atoms with E-state index < -0.39 is 41.0 Å². The van der Waals surface area contributed by atoms with E-state index in [2.05, 4.69) is 10.6 Å². The number of carbonyl (C=O) groups is 3. The number of anilines is 1. The zero-order valence-electron chi connectivity index (χ0n) is 18.4. The molecule has 0 saturated heterocycles. The largest absolute Gasteiger partial charge is 0.484 e. The Morgan fingerprint density at radius 2 is 1.61 bits per heavy atom. The predicted octanol–water partition coefficient (Wildman–Crippen LogP) is 1.39. The molecule has 0 saturated carbocycles. The summed E-state index contributed by atoms with van der Waals surface area (Å²) in [6.45, 7) is 2.81. The van der Waals surface area contributed by atoms with Crippen molar-refractivity contribution in [1.29, 1.82) is 0 Å². The topological polar surface area (TPSA) is 131 Å². The number of nitrogens with one attached hydrogen (secondary N) is 2. The number of amides is 2. The molecule has 178 valence electrons. The molecular weight excluding hydrogens is 450 g/mol. The van der Waals surface area contributed by atoms with Crippen molar-refractivity contribution in [2.75, 3.05) is 38.2 Å². The van der Waals surface area contributed by atoms with Gasteiger partial charge < -0.3 is 20.1 Å². The summed E-state index contributed by atoms with van der Waals surface area (Å²) in [4.78, 5) is 35.6. The molecule has 2 aromatic carbocycles. The van der Waals surface area contributed by atoms with E-state index in [4.69, 9.17) is 9.47 Å². The van der Waals surface area contributed by atoms with Crippen LogP contribution in [-0.4, -0.2) is 63.4 Å². The van der Waals surface area contributed by atoms with Crippen LogP contribution in [0.25, 0.3) is 0 Å². The second kappa shape index (κ2) is 12.6. The van der Waals surface area contributed by atoms with E-state index in [0.29, 0.717) is 18.8 Å². The van der Waals surface area contributed by atoms with Gasteiger partial charge in [0.2, 0.25) is 10.0 Å². The fraction of sp³-hybridized carbons (Fsp3) is 0.318. The number of para-hydroxylation sites is 1. The molecule has 0 bridgehead atoms. The molecule has 0 unspecified atom stereocenters. The quantitative estimate of drug-likeness (QED) is 0.442. The number of ether oxygens (including phenoxy) is 2. The van der Waals surface area contributed by atoms with Crippen molar-refractivity contribution in [2.24, 2.45) is 0 Å². The first-order valence-electron chi connectivity index (χ1n) is 10.3. The molecule has 2 rings (SSSR count). The first-order chi connectivity index (χ1) is 15.8. The standard InChI is InChI=1S/C22H27N3O7S/c1-3-25(4-2)33(29,30)19-12-8-9-17(13-19)24-21(27)16-32-22(28)14-23-20(26)15-31-18-10-6-5-7-11-18/h5-13H,3-4,14-16H2,1-2H3,(H,23,26)(H,24,27). The number of carbonyl (C=O) groups excluding carboxylic acids is 3. The fourth-order valence-electron chi connectivity index (χ4n) is 2.73. The van der Waals surface area contributed by atoms with Gasteiger partial charge in [0.25, 0.3) is 11.8 Å². The highest BCUT2D eigenvalue weighted by atomic mass is 32.2. The Bertz CT molecular complexity index is 1050. The minimum Gasteiger partial charge on any atom is -0.484 e.